The summed E-state index contributed by atoms with van der Waals surface area (Å²) in [6, 6.07) is 6.85. The Kier molecular flexibility index (Phi) is 5.13. The van der Waals surface area contributed by atoms with Crippen LogP contribution < -0.4 is 5.32 Å². The van der Waals surface area contributed by atoms with E-state index in [9.17, 15) is 0 Å². The Morgan fingerprint density at radius 3 is 2.74 bits per heavy atom. The van der Waals surface area contributed by atoms with Crippen molar-refractivity contribution in [3.8, 4) is 0 Å². The fraction of sp³-hybridized carbons (Fsp3) is 0.400. The Labute approximate surface area is 127 Å². The standard InChI is InChI=1S/C15H19BrN2S/c1-4-17-14(8-15-18-11(3)9-19-15)12-6-5-10(2)7-13(12)16/h5-7,9,14,17H,4,8H2,1-3H3. The zero-order valence-corrected chi connectivity index (χ0v) is 13.9. The second-order valence-electron chi connectivity index (χ2n) is 4.72. The highest BCUT2D eigenvalue weighted by Crippen LogP contribution is 2.28. The molecule has 0 aliphatic rings. The maximum atomic E-state index is 4.57. The maximum absolute atomic E-state index is 4.57. The molecule has 1 heterocycles. The van der Waals surface area contributed by atoms with E-state index < -0.39 is 0 Å². The highest BCUT2D eigenvalue weighted by atomic mass is 79.9. The average Bonchev–Trinajstić information content (AvgIpc) is 2.74. The van der Waals surface area contributed by atoms with Crippen LogP contribution in [0, 0.1) is 13.8 Å². The molecular formula is C15H19BrN2S. The number of hydrogen-bond donors (Lipinski definition) is 1. The molecule has 0 amide bonds. The first-order chi connectivity index (χ1) is 9.10. The third-order valence-electron chi connectivity index (χ3n) is 3.03. The molecule has 1 unspecified atom stereocenters. The zero-order valence-electron chi connectivity index (χ0n) is 11.5. The predicted octanol–water partition coefficient (Wildman–Crippen LogP) is 4.42. The summed E-state index contributed by atoms with van der Waals surface area (Å²) in [7, 11) is 0. The Hall–Kier alpha value is -0.710. The van der Waals surface area contributed by atoms with Gasteiger partial charge in [0.05, 0.1) is 5.01 Å². The van der Waals surface area contributed by atoms with Crippen molar-refractivity contribution in [1.29, 1.82) is 0 Å². The van der Waals surface area contributed by atoms with Gasteiger partial charge in [0.2, 0.25) is 0 Å². The van der Waals surface area contributed by atoms with Crippen LogP contribution in [0.25, 0.3) is 0 Å². The number of halogens is 1. The Bertz CT molecular complexity index is 551. The number of likely N-dealkylation sites (N-methyl/N-ethyl adjacent to an activating group) is 1. The van der Waals surface area contributed by atoms with Crippen LogP contribution in [0.4, 0.5) is 0 Å². The van der Waals surface area contributed by atoms with Gasteiger partial charge in [-0.15, -0.1) is 11.3 Å². The second kappa shape index (κ2) is 6.64. The Morgan fingerprint density at radius 2 is 2.16 bits per heavy atom. The van der Waals surface area contributed by atoms with Crippen molar-refractivity contribution in [3.05, 3.63) is 49.9 Å². The van der Waals surface area contributed by atoms with Crippen molar-refractivity contribution < 1.29 is 0 Å². The van der Waals surface area contributed by atoms with Gasteiger partial charge in [0.25, 0.3) is 0 Å². The first-order valence-electron chi connectivity index (χ1n) is 6.50. The van der Waals surface area contributed by atoms with Gasteiger partial charge in [0.15, 0.2) is 0 Å². The fourth-order valence-electron chi connectivity index (χ4n) is 2.12. The summed E-state index contributed by atoms with van der Waals surface area (Å²) < 4.78 is 1.17. The average molecular weight is 339 g/mol. The van der Waals surface area contributed by atoms with E-state index in [0.717, 1.165) is 18.7 Å². The van der Waals surface area contributed by atoms with Crippen molar-refractivity contribution in [3.63, 3.8) is 0 Å². The van der Waals surface area contributed by atoms with Gasteiger partial charge in [-0.3, -0.25) is 0 Å². The number of hydrogen-bond acceptors (Lipinski definition) is 3. The van der Waals surface area contributed by atoms with Crippen molar-refractivity contribution in [2.75, 3.05) is 6.54 Å². The lowest BCUT2D eigenvalue weighted by Gasteiger charge is -2.19. The topological polar surface area (TPSA) is 24.9 Å². The lowest BCUT2D eigenvalue weighted by molar-refractivity contribution is 0.546. The summed E-state index contributed by atoms with van der Waals surface area (Å²) in [5, 5.41) is 6.86. The van der Waals surface area contributed by atoms with Crippen LogP contribution in [-0.4, -0.2) is 11.5 Å². The van der Waals surface area contributed by atoms with Crippen molar-refractivity contribution in [2.45, 2.75) is 33.2 Å². The van der Waals surface area contributed by atoms with E-state index in [0.29, 0.717) is 6.04 Å². The molecule has 19 heavy (non-hydrogen) atoms. The highest BCUT2D eigenvalue weighted by Gasteiger charge is 2.15. The van der Waals surface area contributed by atoms with Crippen LogP contribution >= 0.6 is 27.3 Å². The largest absolute Gasteiger partial charge is 0.310 e. The van der Waals surface area contributed by atoms with E-state index in [-0.39, 0.29) is 0 Å². The van der Waals surface area contributed by atoms with Gasteiger partial charge >= 0.3 is 0 Å². The third kappa shape index (κ3) is 3.88. The number of rotatable bonds is 5. The van der Waals surface area contributed by atoms with Gasteiger partial charge < -0.3 is 5.32 Å². The summed E-state index contributed by atoms with van der Waals surface area (Å²) in [6.07, 6.45) is 0.938. The molecule has 4 heteroatoms. The zero-order chi connectivity index (χ0) is 13.8. The predicted molar refractivity (Wildman–Crippen MR) is 85.9 cm³/mol. The number of benzene rings is 1. The number of aromatic nitrogens is 1. The minimum absolute atomic E-state index is 0.311. The van der Waals surface area contributed by atoms with E-state index in [4.69, 9.17) is 0 Å². The van der Waals surface area contributed by atoms with Crippen LogP contribution in [0.5, 0.6) is 0 Å². The molecule has 0 saturated carbocycles. The van der Waals surface area contributed by atoms with Gasteiger partial charge in [-0.25, -0.2) is 4.98 Å². The van der Waals surface area contributed by atoms with E-state index >= 15 is 0 Å². The van der Waals surface area contributed by atoms with Crippen molar-refractivity contribution in [1.82, 2.24) is 10.3 Å². The van der Waals surface area contributed by atoms with Gasteiger partial charge in [0, 0.05) is 28.0 Å². The van der Waals surface area contributed by atoms with Crippen LogP contribution in [0.2, 0.25) is 0 Å². The monoisotopic (exact) mass is 338 g/mol. The molecule has 1 aromatic carbocycles. The first kappa shape index (κ1) is 14.7. The lowest BCUT2D eigenvalue weighted by Crippen LogP contribution is -2.23. The van der Waals surface area contributed by atoms with E-state index in [1.807, 2.05) is 6.92 Å². The molecule has 0 radical (unpaired) electrons. The van der Waals surface area contributed by atoms with Gasteiger partial charge in [-0.05, 0) is 37.6 Å². The number of nitrogens with one attached hydrogen (secondary N) is 1. The molecule has 0 bridgehead atoms. The van der Waals surface area contributed by atoms with Crippen molar-refractivity contribution in [2.24, 2.45) is 0 Å². The lowest BCUT2D eigenvalue weighted by atomic mass is 10.0. The molecule has 0 saturated heterocycles. The number of nitrogens with zero attached hydrogens (tertiary/aromatic N) is 1. The number of thiazole rings is 1. The molecule has 1 aromatic heterocycles. The summed E-state index contributed by atoms with van der Waals surface area (Å²) in [6.45, 7) is 7.25. The summed E-state index contributed by atoms with van der Waals surface area (Å²) in [5.41, 5.74) is 3.69. The molecule has 2 aromatic rings. The maximum Gasteiger partial charge on any atom is 0.0947 e. The molecule has 2 nitrogen and oxygen atoms in total. The molecule has 0 spiro atoms. The fourth-order valence-corrected chi connectivity index (χ4v) is 3.71. The summed E-state index contributed by atoms with van der Waals surface area (Å²) in [4.78, 5) is 4.57. The quantitative estimate of drug-likeness (QED) is 0.872. The molecule has 102 valence electrons. The molecule has 1 atom stereocenters. The van der Waals surface area contributed by atoms with Crippen LogP contribution in [0.3, 0.4) is 0 Å². The van der Waals surface area contributed by atoms with E-state index in [2.05, 4.69) is 63.7 Å². The first-order valence-corrected chi connectivity index (χ1v) is 8.18. The molecule has 1 N–H and O–H groups in total. The number of aryl methyl sites for hydroxylation is 2. The summed E-state index contributed by atoms with van der Waals surface area (Å²) in [5.74, 6) is 0. The minimum atomic E-state index is 0.311. The third-order valence-corrected chi connectivity index (χ3v) is 4.70. The van der Waals surface area contributed by atoms with E-state index in [1.165, 1.54) is 20.6 Å². The SMILES string of the molecule is CCNC(Cc1nc(C)cs1)c1ccc(C)cc1Br. The van der Waals surface area contributed by atoms with Crippen LogP contribution in [0.1, 0.15) is 34.8 Å². The minimum Gasteiger partial charge on any atom is -0.310 e. The molecule has 0 aliphatic carbocycles. The van der Waals surface area contributed by atoms with Gasteiger partial charge in [0.1, 0.15) is 0 Å². The van der Waals surface area contributed by atoms with Gasteiger partial charge in [-0.1, -0.05) is 35.0 Å². The van der Waals surface area contributed by atoms with Crippen LogP contribution in [0.15, 0.2) is 28.1 Å². The Balaban J connectivity index is 2.23. The smallest absolute Gasteiger partial charge is 0.0947 e. The summed E-state index contributed by atoms with van der Waals surface area (Å²) >= 11 is 5.42. The normalized spacial score (nSPS) is 12.6. The highest BCUT2D eigenvalue weighted by molar-refractivity contribution is 9.10. The van der Waals surface area contributed by atoms with Crippen molar-refractivity contribution >= 4 is 27.3 Å². The second-order valence-corrected chi connectivity index (χ2v) is 6.52. The Morgan fingerprint density at radius 1 is 1.37 bits per heavy atom. The van der Waals surface area contributed by atoms with E-state index in [1.54, 1.807) is 11.3 Å². The molecular weight excluding hydrogens is 320 g/mol. The molecule has 2 rings (SSSR count). The van der Waals surface area contributed by atoms with Gasteiger partial charge in [-0.2, -0.15) is 0 Å². The molecule has 0 fully saturated rings. The molecule has 0 aliphatic heterocycles. The van der Waals surface area contributed by atoms with Crippen LogP contribution in [-0.2, 0) is 6.42 Å².